The predicted octanol–water partition coefficient (Wildman–Crippen LogP) is 24.1. The zero-order chi connectivity index (χ0) is 56.4. The summed E-state index contributed by atoms with van der Waals surface area (Å²) in [5.74, 6) is 0. The van der Waals surface area contributed by atoms with E-state index in [4.69, 9.17) is 8.83 Å². The first-order valence-corrected chi connectivity index (χ1v) is 29.6. The van der Waals surface area contributed by atoms with Crippen molar-refractivity contribution >= 4 is 109 Å². The van der Waals surface area contributed by atoms with Gasteiger partial charge in [-0.1, -0.05) is 255 Å². The van der Waals surface area contributed by atoms with Gasteiger partial charge >= 0.3 is 0 Å². The quantitative estimate of drug-likeness (QED) is 0.149. The first-order chi connectivity index (χ1) is 42.6. The fraction of sp³-hybridized carbons (Fsp3) is 0. The van der Waals surface area contributed by atoms with Gasteiger partial charge in [0, 0.05) is 27.1 Å². The maximum atomic E-state index is 6.91. The highest BCUT2D eigenvalue weighted by Crippen LogP contribution is 2.48. The highest BCUT2D eigenvalue weighted by molar-refractivity contribution is 6.24. The van der Waals surface area contributed by atoms with Crippen LogP contribution >= 0.6 is 0 Å². The van der Waals surface area contributed by atoms with Gasteiger partial charge in [-0.15, -0.1) is 0 Å². The largest absolute Gasteiger partial charge is 0.456 e. The molecule has 2 heterocycles. The monoisotopic (exact) mass is 1090 g/mol. The summed E-state index contributed by atoms with van der Waals surface area (Å²) in [6, 6.07) is 111. The van der Waals surface area contributed by atoms with E-state index in [0.717, 1.165) is 60.6 Å². The van der Waals surface area contributed by atoms with Gasteiger partial charge < -0.3 is 8.83 Å². The lowest BCUT2D eigenvalue weighted by molar-refractivity contribution is 0.669. The Labute approximate surface area is 495 Å². The summed E-state index contributed by atoms with van der Waals surface area (Å²) in [6.45, 7) is 0. The van der Waals surface area contributed by atoms with E-state index in [1.807, 2.05) is 12.1 Å². The van der Waals surface area contributed by atoms with Crippen LogP contribution in [-0.2, 0) is 0 Å². The summed E-state index contributed by atoms with van der Waals surface area (Å²) >= 11 is 0. The van der Waals surface area contributed by atoms with Crippen LogP contribution in [0, 0.1) is 0 Å². The van der Waals surface area contributed by atoms with Crippen LogP contribution in [0.3, 0.4) is 0 Å². The molecular weight excluding hydrogens is 1040 g/mol. The van der Waals surface area contributed by atoms with Crippen molar-refractivity contribution in [3.63, 3.8) is 0 Å². The fourth-order valence-electron chi connectivity index (χ4n) is 14.3. The van der Waals surface area contributed by atoms with E-state index in [1.165, 1.54) is 126 Å². The van der Waals surface area contributed by atoms with E-state index < -0.39 is 0 Å². The van der Waals surface area contributed by atoms with Crippen LogP contribution < -0.4 is 0 Å². The molecule has 0 N–H and O–H groups in total. The Bertz CT molecular complexity index is 5720. The number of hydrogen-bond acceptors (Lipinski definition) is 2. The van der Waals surface area contributed by atoms with Gasteiger partial charge in [-0.3, -0.25) is 0 Å². The molecule has 0 fully saturated rings. The molecule has 0 aliphatic heterocycles. The second-order valence-electron chi connectivity index (χ2n) is 22.9. The molecule has 0 saturated heterocycles. The highest BCUT2D eigenvalue weighted by Gasteiger charge is 2.22. The Morgan fingerprint density at radius 3 is 1.17 bits per heavy atom. The van der Waals surface area contributed by atoms with Gasteiger partial charge in [-0.25, -0.2) is 0 Å². The summed E-state index contributed by atoms with van der Waals surface area (Å²) in [5.41, 5.74) is 20.2. The molecule has 398 valence electrons. The average molecular weight is 1090 g/mol. The lowest BCUT2D eigenvalue weighted by Gasteiger charge is -2.18. The van der Waals surface area contributed by atoms with Crippen molar-refractivity contribution in [3.8, 4) is 77.9 Å². The average Bonchev–Trinajstić information content (AvgIpc) is 1.29. The number of furan rings is 2. The van der Waals surface area contributed by atoms with Crippen LogP contribution in [-0.4, -0.2) is 0 Å². The van der Waals surface area contributed by atoms with Crippen LogP contribution in [0.1, 0.15) is 0 Å². The van der Waals surface area contributed by atoms with Crippen molar-refractivity contribution in [3.05, 3.63) is 303 Å². The van der Waals surface area contributed by atoms with Gasteiger partial charge in [-0.2, -0.15) is 0 Å². The minimum absolute atomic E-state index is 0.872. The molecule has 0 atom stereocenters. The standard InChI is InChI=1S/C84H50O2/c1-2-20-62-53(16-1)17-14-30-63(62)56-18-13-19-58(47-56)81-70-26-7-9-28-72(70)83(73-29-10-8-27-71(73)81)60-43-45-79-76(50-60)74-32-15-31-64(84(74)86-79)57-41-37-52-36-40-55(46-61(52)48-57)51-34-38-54(39-35-51)80-66-22-3-5-24-68(66)82(69-25-6-4-23-67(69)80)59-42-44-78-75(49-59)65-21-11-12-33-77(65)85-78/h1-50H. The maximum Gasteiger partial charge on any atom is 0.143 e. The van der Waals surface area contributed by atoms with Crippen LogP contribution in [0.2, 0.25) is 0 Å². The molecule has 16 aromatic carbocycles. The van der Waals surface area contributed by atoms with Crippen LogP contribution in [0.4, 0.5) is 0 Å². The summed E-state index contributed by atoms with van der Waals surface area (Å²) in [7, 11) is 0. The van der Waals surface area contributed by atoms with E-state index in [0.29, 0.717) is 0 Å². The van der Waals surface area contributed by atoms with Crippen molar-refractivity contribution in [2.75, 3.05) is 0 Å². The number of hydrogen-bond donors (Lipinski definition) is 0. The summed E-state index contributed by atoms with van der Waals surface area (Å²) in [6.07, 6.45) is 0. The Morgan fingerprint density at radius 2 is 0.547 bits per heavy atom. The van der Waals surface area contributed by atoms with Crippen molar-refractivity contribution < 1.29 is 8.83 Å². The Kier molecular flexibility index (Phi) is 10.7. The van der Waals surface area contributed by atoms with Crippen LogP contribution in [0.25, 0.3) is 186 Å². The Balaban J connectivity index is 0.698. The topological polar surface area (TPSA) is 26.3 Å². The molecule has 0 amide bonds. The third-order valence-corrected chi connectivity index (χ3v) is 18.2. The number of rotatable bonds is 7. The van der Waals surface area contributed by atoms with E-state index >= 15 is 0 Å². The van der Waals surface area contributed by atoms with E-state index in [1.54, 1.807) is 0 Å². The smallest absolute Gasteiger partial charge is 0.143 e. The van der Waals surface area contributed by atoms with Crippen molar-refractivity contribution in [1.82, 2.24) is 0 Å². The number of benzene rings is 16. The fourth-order valence-corrected chi connectivity index (χ4v) is 14.3. The molecule has 0 aliphatic rings. The Hall–Kier alpha value is -11.3. The van der Waals surface area contributed by atoms with Crippen LogP contribution in [0.5, 0.6) is 0 Å². The molecule has 86 heavy (non-hydrogen) atoms. The molecule has 0 radical (unpaired) electrons. The molecule has 0 aliphatic carbocycles. The second-order valence-corrected chi connectivity index (χ2v) is 22.9. The SMILES string of the molecule is c1cc(-c2cccc3ccccc23)cc(-c2c3ccccc3c(-c3ccc4oc5c(-c6ccc7ccc(-c8ccc(-c9c%10ccccc%10c(-c%10ccc%11oc%12ccccc%12c%11c%10)c%10ccccc9%10)cc8)cc7c6)cccc5c4c3)c3ccccc23)c1. The maximum absolute atomic E-state index is 6.91. The van der Waals surface area contributed by atoms with Gasteiger partial charge in [0.25, 0.3) is 0 Å². The molecule has 18 aromatic rings. The minimum Gasteiger partial charge on any atom is -0.456 e. The molecule has 2 nitrogen and oxygen atoms in total. The predicted molar refractivity (Wildman–Crippen MR) is 364 cm³/mol. The molecule has 18 rings (SSSR count). The van der Waals surface area contributed by atoms with E-state index in [9.17, 15) is 0 Å². The third-order valence-electron chi connectivity index (χ3n) is 18.2. The molecule has 0 unspecified atom stereocenters. The van der Waals surface area contributed by atoms with Crippen molar-refractivity contribution in [2.45, 2.75) is 0 Å². The summed E-state index contributed by atoms with van der Waals surface area (Å²) in [4.78, 5) is 0. The van der Waals surface area contributed by atoms with Crippen molar-refractivity contribution in [2.24, 2.45) is 0 Å². The van der Waals surface area contributed by atoms with Gasteiger partial charge in [0.15, 0.2) is 0 Å². The van der Waals surface area contributed by atoms with Gasteiger partial charge in [0.05, 0.1) is 0 Å². The lowest BCUT2D eigenvalue weighted by Crippen LogP contribution is -1.91. The molecule has 2 heteroatoms. The molecule has 0 spiro atoms. The number of para-hydroxylation sites is 2. The lowest BCUT2D eigenvalue weighted by atomic mass is 9.85. The van der Waals surface area contributed by atoms with Gasteiger partial charge in [0.1, 0.15) is 22.3 Å². The minimum atomic E-state index is 0.872. The summed E-state index contributed by atoms with van der Waals surface area (Å²) < 4.78 is 13.2. The van der Waals surface area contributed by atoms with Gasteiger partial charge in [0.2, 0.25) is 0 Å². The van der Waals surface area contributed by atoms with Crippen LogP contribution in [0.15, 0.2) is 312 Å². The Morgan fingerprint density at radius 1 is 0.163 bits per heavy atom. The zero-order valence-corrected chi connectivity index (χ0v) is 46.7. The van der Waals surface area contributed by atoms with E-state index in [-0.39, 0.29) is 0 Å². The third kappa shape index (κ3) is 7.53. The van der Waals surface area contributed by atoms with E-state index in [2.05, 4.69) is 291 Å². The highest BCUT2D eigenvalue weighted by atomic mass is 16.3. The molecule has 0 saturated carbocycles. The first kappa shape index (κ1) is 48.2. The first-order valence-electron chi connectivity index (χ1n) is 29.6. The zero-order valence-electron chi connectivity index (χ0n) is 46.7. The number of fused-ring (bicyclic) bond motifs is 12. The summed E-state index contributed by atoms with van der Waals surface area (Å²) in [5, 5.41) is 19.1. The molecule has 2 aromatic heterocycles. The van der Waals surface area contributed by atoms with Crippen molar-refractivity contribution in [1.29, 1.82) is 0 Å². The second kappa shape index (κ2) is 19.1. The van der Waals surface area contributed by atoms with Gasteiger partial charge in [-0.05, 0) is 185 Å². The normalized spacial score (nSPS) is 12.0. The molecule has 0 bridgehead atoms. The molecular formula is C84H50O2.